The summed E-state index contributed by atoms with van der Waals surface area (Å²) in [6.07, 6.45) is 0. The molecule has 0 aromatic rings. The van der Waals surface area contributed by atoms with Crippen molar-refractivity contribution in [3.8, 4) is 11.8 Å². The van der Waals surface area contributed by atoms with Crippen molar-refractivity contribution < 1.29 is 9.59 Å². The van der Waals surface area contributed by atoms with Gasteiger partial charge in [-0.3, -0.25) is 9.59 Å². The standard InChI is InChI=1S/C4Cl2O2.ClH/c5-3(7)1-2-4(6)8;/h;1H. The molecular formula is C4HCl3O2. The third kappa shape index (κ3) is 11.4. The van der Waals surface area contributed by atoms with E-state index in [0.29, 0.717) is 0 Å². The lowest BCUT2D eigenvalue weighted by atomic mass is 10.6. The van der Waals surface area contributed by atoms with Gasteiger partial charge in [0.15, 0.2) is 0 Å². The quantitative estimate of drug-likeness (QED) is 0.418. The molecule has 0 spiro atoms. The molecule has 0 heterocycles. The van der Waals surface area contributed by atoms with Gasteiger partial charge in [0, 0.05) is 0 Å². The van der Waals surface area contributed by atoms with E-state index >= 15 is 0 Å². The Bertz CT molecular complexity index is 158. The number of halogens is 3. The van der Waals surface area contributed by atoms with E-state index in [1.165, 1.54) is 0 Å². The van der Waals surface area contributed by atoms with Crippen molar-refractivity contribution in [3.63, 3.8) is 0 Å². The maximum atomic E-state index is 9.73. The van der Waals surface area contributed by atoms with Crippen molar-refractivity contribution in [1.29, 1.82) is 0 Å². The highest BCUT2D eigenvalue weighted by molar-refractivity contribution is 6.71. The molecule has 0 saturated heterocycles. The molecule has 0 fully saturated rings. The Morgan fingerprint density at radius 3 is 1.33 bits per heavy atom. The molecule has 2 nitrogen and oxygen atoms in total. The maximum Gasteiger partial charge on any atom is 0.296 e. The Balaban J connectivity index is 0. The molecule has 0 bridgehead atoms. The molecule has 0 atom stereocenters. The second-order valence-electron chi connectivity index (χ2n) is 0.797. The summed E-state index contributed by atoms with van der Waals surface area (Å²) >= 11 is 9.40. The van der Waals surface area contributed by atoms with Crippen molar-refractivity contribution in [2.45, 2.75) is 0 Å². The van der Waals surface area contributed by atoms with Crippen LogP contribution in [0.4, 0.5) is 0 Å². The predicted molar refractivity (Wildman–Crippen MR) is 36.7 cm³/mol. The van der Waals surface area contributed by atoms with Crippen molar-refractivity contribution in [2.75, 3.05) is 0 Å². The highest BCUT2D eigenvalue weighted by Gasteiger charge is 1.85. The van der Waals surface area contributed by atoms with Crippen molar-refractivity contribution in [2.24, 2.45) is 0 Å². The largest absolute Gasteiger partial charge is 0.296 e. The van der Waals surface area contributed by atoms with Gasteiger partial charge in [0.05, 0.1) is 0 Å². The molecule has 0 unspecified atom stereocenters. The molecule has 0 aromatic heterocycles. The van der Waals surface area contributed by atoms with Crippen LogP contribution in [0.25, 0.3) is 0 Å². The van der Waals surface area contributed by atoms with Crippen molar-refractivity contribution in [3.05, 3.63) is 0 Å². The van der Waals surface area contributed by atoms with Gasteiger partial charge in [-0.1, -0.05) is 0 Å². The highest BCUT2D eigenvalue weighted by Crippen LogP contribution is 1.77. The van der Waals surface area contributed by atoms with E-state index in [9.17, 15) is 9.59 Å². The minimum absolute atomic E-state index is 0. The van der Waals surface area contributed by atoms with E-state index in [0.717, 1.165) is 0 Å². The fourth-order valence-corrected chi connectivity index (χ4v) is 0.193. The molecule has 0 N–H and O–H groups in total. The van der Waals surface area contributed by atoms with Crippen LogP contribution in [0.5, 0.6) is 0 Å². The van der Waals surface area contributed by atoms with Gasteiger partial charge in [0.25, 0.3) is 10.5 Å². The normalized spacial score (nSPS) is 6.00. The maximum absolute atomic E-state index is 9.73. The van der Waals surface area contributed by atoms with Gasteiger partial charge in [-0.2, -0.15) is 0 Å². The lowest BCUT2D eigenvalue weighted by Gasteiger charge is -1.64. The summed E-state index contributed by atoms with van der Waals surface area (Å²) in [7, 11) is 0. The van der Waals surface area contributed by atoms with Gasteiger partial charge in [-0.05, 0) is 35.0 Å². The van der Waals surface area contributed by atoms with Crippen LogP contribution in [-0.2, 0) is 9.59 Å². The van der Waals surface area contributed by atoms with Crippen LogP contribution in [0.1, 0.15) is 0 Å². The van der Waals surface area contributed by atoms with Gasteiger partial charge in [-0.25, -0.2) is 0 Å². The second kappa shape index (κ2) is 5.90. The number of carbonyl (C=O) groups excluding carboxylic acids is 2. The van der Waals surface area contributed by atoms with Crippen LogP contribution in [0.3, 0.4) is 0 Å². The topological polar surface area (TPSA) is 34.1 Å². The van der Waals surface area contributed by atoms with Crippen LogP contribution < -0.4 is 0 Å². The molecule has 0 rings (SSSR count). The van der Waals surface area contributed by atoms with E-state index in [2.05, 4.69) is 0 Å². The lowest BCUT2D eigenvalue weighted by Crippen LogP contribution is -1.80. The highest BCUT2D eigenvalue weighted by atomic mass is 35.5. The average molecular weight is 187 g/mol. The van der Waals surface area contributed by atoms with E-state index < -0.39 is 10.5 Å². The summed E-state index contributed by atoms with van der Waals surface area (Å²) in [6, 6.07) is 0. The third-order valence-electron chi connectivity index (χ3n) is 0.259. The molecule has 5 heteroatoms. The van der Waals surface area contributed by atoms with Crippen LogP contribution in [-0.4, -0.2) is 10.5 Å². The minimum Gasteiger partial charge on any atom is -0.266 e. The lowest BCUT2D eigenvalue weighted by molar-refractivity contribution is -0.108. The molecule has 50 valence electrons. The molecule has 0 aliphatic carbocycles. The van der Waals surface area contributed by atoms with Crippen LogP contribution >= 0.6 is 35.6 Å². The molecular weight excluding hydrogens is 186 g/mol. The molecule has 0 aromatic carbocycles. The molecule has 0 saturated carbocycles. The monoisotopic (exact) mass is 186 g/mol. The summed E-state index contributed by atoms with van der Waals surface area (Å²) in [5, 5.41) is -1.78. The molecule has 0 amide bonds. The summed E-state index contributed by atoms with van der Waals surface area (Å²) in [4.78, 5) is 19.5. The van der Waals surface area contributed by atoms with Gasteiger partial charge in [0.1, 0.15) is 0 Å². The number of rotatable bonds is 0. The predicted octanol–water partition coefficient (Wildman–Crippen LogP) is 0.942. The van der Waals surface area contributed by atoms with Gasteiger partial charge < -0.3 is 0 Å². The Kier molecular flexibility index (Phi) is 7.57. The van der Waals surface area contributed by atoms with Gasteiger partial charge in [-0.15, -0.1) is 12.4 Å². The van der Waals surface area contributed by atoms with Crippen molar-refractivity contribution >= 4 is 46.1 Å². The minimum atomic E-state index is -0.890. The first kappa shape index (κ1) is 11.6. The van der Waals surface area contributed by atoms with Gasteiger partial charge in [0.2, 0.25) is 0 Å². The summed E-state index contributed by atoms with van der Waals surface area (Å²) < 4.78 is 0. The Hall–Kier alpha value is -0.230. The molecule has 0 aliphatic rings. The fourth-order valence-electron chi connectivity index (χ4n) is 0.0983. The first-order valence-electron chi connectivity index (χ1n) is 1.54. The van der Waals surface area contributed by atoms with Gasteiger partial charge >= 0.3 is 0 Å². The zero-order chi connectivity index (χ0) is 6.57. The van der Waals surface area contributed by atoms with E-state index in [-0.39, 0.29) is 12.4 Å². The Morgan fingerprint density at radius 1 is 1.00 bits per heavy atom. The third-order valence-corrected chi connectivity index (χ3v) is 0.448. The van der Waals surface area contributed by atoms with Crippen LogP contribution in [0, 0.1) is 11.8 Å². The van der Waals surface area contributed by atoms with E-state index in [4.69, 9.17) is 23.2 Å². The van der Waals surface area contributed by atoms with E-state index in [1.807, 2.05) is 0 Å². The first-order chi connectivity index (χ1) is 3.63. The molecule has 9 heavy (non-hydrogen) atoms. The zero-order valence-electron chi connectivity index (χ0n) is 3.98. The van der Waals surface area contributed by atoms with Crippen LogP contribution in [0.2, 0.25) is 0 Å². The van der Waals surface area contributed by atoms with E-state index in [1.54, 1.807) is 11.8 Å². The summed E-state index contributed by atoms with van der Waals surface area (Å²) in [5.41, 5.74) is 0. The number of hydrogen-bond acceptors (Lipinski definition) is 2. The number of hydrogen-bond donors (Lipinski definition) is 0. The Morgan fingerprint density at radius 2 is 1.22 bits per heavy atom. The SMILES string of the molecule is Cl.O=C(Cl)C#CC(=O)Cl. The van der Waals surface area contributed by atoms with Crippen LogP contribution in [0.15, 0.2) is 0 Å². The van der Waals surface area contributed by atoms with Crippen molar-refractivity contribution in [1.82, 2.24) is 0 Å². The first-order valence-corrected chi connectivity index (χ1v) is 2.29. The summed E-state index contributed by atoms with van der Waals surface area (Å²) in [5.74, 6) is 3.48. The Labute approximate surface area is 67.9 Å². The zero-order valence-corrected chi connectivity index (χ0v) is 6.31. The second-order valence-corrected chi connectivity index (χ2v) is 1.48. The average Bonchev–Trinajstić information content (AvgIpc) is 1.61. The molecule has 0 radical (unpaired) electrons. The number of carbonyl (C=O) groups is 2. The molecule has 0 aliphatic heterocycles. The smallest absolute Gasteiger partial charge is 0.266 e. The fraction of sp³-hybridized carbons (Fsp3) is 0. The summed E-state index contributed by atoms with van der Waals surface area (Å²) in [6.45, 7) is 0.